The Kier molecular flexibility index (Phi) is 5.31. The van der Waals surface area contributed by atoms with Crippen LogP contribution in [0, 0.1) is 0 Å². The first-order valence-electron chi connectivity index (χ1n) is 8.61. The summed E-state index contributed by atoms with van der Waals surface area (Å²) in [6, 6.07) is 16.2. The second kappa shape index (κ2) is 7.53. The lowest BCUT2D eigenvalue weighted by Crippen LogP contribution is -2.64. The van der Waals surface area contributed by atoms with Gasteiger partial charge in [0.1, 0.15) is 5.75 Å². The fourth-order valence-corrected chi connectivity index (χ4v) is 3.46. The van der Waals surface area contributed by atoms with E-state index in [-0.39, 0.29) is 19.7 Å². The quantitative estimate of drug-likeness (QED) is 0.821. The summed E-state index contributed by atoms with van der Waals surface area (Å²) in [6.45, 7) is -0.410. The standard InChI is InChI=1S/C20H19F3N2O3/c21-20(22,23)18(27)25-12-19(13-25,10-14-5-2-1-3-6-14)15-7-4-8-16(9-15)28-11-17(24)26/h1-9H,10-13H2,(H2,24,26). The Labute approximate surface area is 159 Å². The molecule has 28 heavy (non-hydrogen) atoms. The van der Waals surface area contributed by atoms with Gasteiger partial charge in [-0.2, -0.15) is 13.2 Å². The van der Waals surface area contributed by atoms with Crippen LogP contribution < -0.4 is 10.5 Å². The molecule has 3 rings (SSSR count). The number of nitrogens with zero attached hydrogens (tertiary/aromatic N) is 1. The number of alkyl halides is 3. The van der Waals surface area contributed by atoms with Crippen molar-refractivity contribution in [3.63, 3.8) is 0 Å². The SMILES string of the molecule is NC(=O)COc1cccc(C2(Cc3ccccc3)CN(C(=O)C(F)(F)F)C2)c1. The highest BCUT2D eigenvalue weighted by molar-refractivity contribution is 5.83. The molecule has 0 unspecified atom stereocenters. The number of halogens is 3. The monoisotopic (exact) mass is 392 g/mol. The summed E-state index contributed by atoms with van der Waals surface area (Å²) in [4.78, 5) is 23.3. The number of carbonyl (C=O) groups excluding carboxylic acids is 2. The number of ether oxygens (including phenoxy) is 1. The van der Waals surface area contributed by atoms with Gasteiger partial charge in [0.15, 0.2) is 6.61 Å². The number of rotatable bonds is 6. The fraction of sp³-hybridized carbons (Fsp3) is 0.300. The molecule has 0 radical (unpaired) electrons. The average molecular weight is 392 g/mol. The maximum atomic E-state index is 12.8. The highest BCUT2D eigenvalue weighted by Gasteiger charge is 2.53. The zero-order chi connectivity index (χ0) is 20.4. The van der Waals surface area contributed by atoms with Gasteiger partial charge < -0.3 is 15.4 Å². The summed E-state index contributed by atoms with van der Waals surface area (Å²) in [6.07, 6.45) is -4.43. The smallest absolute Gasteiger partial charge is 0.471 e. The van der Waals surface area contributed by atoms with Gasteiger partial charge in [0.05, 0.1) is 0 Å². The van der Waals surface area contributed by atoms with Gasteiger partial charge in [-0.3, -0.25) is 9.59 Å². The van der Waals surface area contributed by atoms with Crippen LogP contribution >= 0.6 is 0 Å². The first-order valence-corrected chi connectivity index (χ1v) is 8.61. The number of primary amides is 1. The maximum Gasteiger partial charge on any atom is 0.471 e. The van der Waals surface area contributed by atoms with E-state index in [1.54, 1.807) is 24.3 Å². The number of amides is 2. The van der Waals surface area contributed by atoms with Crippen LogP contribution in [0.4, 0.5) is 13.2 Å². The Bertz CT molecular complexity index is 862. The van der Waals surface area contributed by atoms with Crippen molar-refractivity contribution in [2.24, 2.45) is 5.73 Å². The second-order valence-electron chi connectivity index (χ2n) is 6.88. The average Bonchev–Trinajstić information content (AvgIpc) is 2.62. The third-order valence-electron chi connectivity index (χ3n) is 4.73. The summed E-state index contributed by atoms with van der Waals surface area (Å²) in [5.74, 6) is -2.07. The van der Waals surface area contributed by atoms with Crippen molar-refractivity contribution in [2.45, 2.75) is 18.0 Å². The van der Waals surface area contributed by atoms with E-state index in [4.69, 9.17) is 10.5 Å². The molecule has 0 saturated carbocycles. The molecule has 1 aliphatic heterocycles. The molecule has 5 nitrogen and oxygen atoms in total. The third kappa shape index (κ3) is 4.27. The van der Waals surface area contributed by atoms with Crippen LogP contribution in [0.5, 0.6) is 5.75 Å². The Morgan fingerprint density at radius 1 is 1.07 bits per heavy atom. The topological polar surface area (TPSA) is 72.6 Å². The van der Waals surface area contributed by atoms with Gasteiger partial charge in [-0.05, 0) is 29.7 Å². The van der Waals surface area contributed by atoms with Crippen LogP contribution in [0.2, 0.25) is 0 Å². The molecule has 1 saturated heterocycles. The van der Waals surface area contributed by atoms with Crippen molar-refractivity contribution in [1.82, 2.24) is 4.90 Å². The molecule has 2 aromatic rings. The molecular formula is C20H19F3N2O3. The number of likely N-dealkylation sites (tertiary alicyclic amines) is 1. The van der Waals surface area contributed by atoms with Gasteiger partial charge in [0, 0.05) is 18.5 Å². The van der Waals surface area contributed by atoms with Gasteiger partial charge in [-0.15, -0.1) is 0 Å². The molecule has 2 amide bonds. The highest BCUT2D eigenvalue weighted by atomic mass is 19.4. The van der Waals surface area contributed by atoms with Gasteiger partial charge in [0.2, 0.25) is 0 Å². The van der Waals surface area contributed by atoms with E-state index in [1.165, 1.54) is 0 Å². The molecule has 2 N–H and O–H groups in total. The van der Waals surface area contributed by atoms with E-state index in [1.807, 2.05) is 30.3 Å². The molecular weight excluding hydrogens is 373 g/mol. The summed E-state index contributed by atoms with van der Waals surface area (Å²) in [7, 11) is 0. The Hall–Kier alpha value is -3.03. The molecule has 0 spiro atoms. The van der Waals surface area contributed by atoms with Crippen LogP contribution in [-0.2, 0) is 21.4 Å². The molecule has 148 valence electrons. The number of hydrogen-bond donors (Lipinski definition) is 1. The second-order valence-corrected chi connectivity index (χ2v) is 6.88. The highest BCUT2D eigenvalue weighted by Crippen LogP contribution is 2.40. The van der Waals surface area contributed by atoms with Crippen molar-refractivity contribution >= 4 is 11.8 Å². The minimum absolute atomic E-state index is 0.0560. The van der Waals surface area contributed by atoms with E-state index in [2.05, 4.69) is 0 Å². The Balaban J connectivity index is 1.87. The first kappa shape index (κ1) is 19.7. The minimum atomic E-state index is -4.90. The van der Waals surface area contributed by atoms with Crippen LogP contribution in [0.1, 0.15) is 11.1 Å². The van der Waals surface area contributed by atoms with Gasteiger partial charge in [-0.25, -0.2) is 0 Å². The molecule has 0 aliphatic carbocycles. The van der Waals surface area contributed by atoms with E-state index < -0.39 is 23.4 Å². The first-order chi connectivity index (χ1) is 13.2. The lowest BCUT2D eigenvalue weighted by molar-refractivity contribution is -0.192. The van der Waals surface area contributed by atoms with Crippen molar-refractivity contribution in [3.05, 3.63) is 65.7 Å². The minimum Gasteiger partial charge on any atom is -0.484 e. The number of nitrogens with two attached hydrogens (primary N) is 1. The van der Waals surface area contributed by atoms with Gasteiger partial charge >= 0.3 is 12.1 Å². The van der Waals surface area contributed by atoms with Crippen LogP contribution in [-0.4, -0.2) is 42.6 Å². The predicted molar refractivity (Wildman–Crippen MR) is 95.6 cm³/mol. The maximum absolute atomic E-state index is 12.8. The number of carbonyl (C=O) groups is 2. The van der Waals surface area contributed by atoms with Crippen molar-refractivity contribution in [3.8, 4) is 5.75 Å². The van der Waals surface area contributed by atoms with E-state index in [0.29, 0.717) is 12.2 Å². The molecule has 2 aromatic carbocycles. The fourth-order valence-electron chi connectivity index (χ4n) is 3.46. The van der Waals surface area contributed by atoms with E-state index in [9.17, 15) is 22.8 Å². The zero-order valence-corrected chi connectivity index (χ0v) is 14.9. The normalized spacial score (nSPS) is 15.6. The third-order valence-corrected chi connectivity index (χ3v) is 4.73. The summed E-state index contributed by atoms with van der Waals surface area (Å²) < 4.78 is 43.7. The van der Waals surface area contributed by atoms with Crippen LogP contribution in [0.15, 0.2) is 54.6 Å². The Morgan fingerprint density at radius 3 is 2.36 bits per heavy atom. The molecule has 0 atom stereocenters. The summed E-state index contributed by atoms with van der Waals surface area (Å²) in [5, 5.41) is 0. The molecule has 1 fully saturated rings. The molecule has 8 heteroatoms. The molecule has 0 bridgehead atoms. The van der Waals surface area contributed by atoms with E-state index >= 15 is 0 Å². The summed E-state index contributed by atoms with van der Waals surface area (Å²) >= 11 is 0. The lowest BCUT2D eigenvalue weighted by atomic mass is 9.69. The lowest BCUT2D eigenvalue weighted by Gasteiger charge is -2.51. The van der Waals surface area contributed by atoms with Crippen molar-refractivity contribution < 1.29 is 27.5 Å². The Morgan fingerprint density at radius 2 is 1.75 bits per heavy atom. The van der Waals surface area contributed by atoms with Gasteiger partial charge in [0.25, 0.3) is 5.91 Å². The molecule has 1 aliphatic rings. The van der Waals surface area contributed by atoms with E-state index in [0.717, 1.165) is 16.0 Å². The number of hydrogen-bond acceptors (Lipinski definition) is 3. The number of benzene rings is 2. The largest absolute Gasteiger partial charge is 0.484 e. The van der Waals surface area contributed by atoms with Crippen molar-refractivity contribution in [1.29, 1.82) is 0 Å². The molecule has 0 aromatic heterocycles. The van der Waals surface area contributed by atoms with Gasteiger partial charge in [-0.1, -0.05) is 42.5 Å². The summed E-state index contributed by atoms with van der Waals surface area (Å²) in [5.41, 5.74) is 6.10. The van der Waals surface area contributed by atoms with Crippen LogP contribution in [0.3, 0.4) is 0 Å². The predicted octanol–water partition coefficient (Wildman–Crippen LogP) is 2.44. The van der Waals surface area contributed by atoms with Crippen LogP contribution in [0.25, 0.3) is 0 Å². The van der Waals surface area contributed by atoms with Crippen molar-refractivity contribution in [2.75, 3.05) is 19.7 Å². The zero-order valence-electron chi connectivity index (χ0n) is 14.9. The molecule has 1 heterocycles.